The Hall–Kier alpha value is -1.59. The molecule has 20 heavy (non-hydrogen) atoms. The third-order valence-electron chi connectivity index (χ3n) is 3.06. The van der Waals surface area contributed by atoms with Crippen LogP contribution in [0, 0.1) is 6.92 Å². The van der Waals surface area contributed by atoms with E-state index in [0.29, 0.717) is 27.9 Å². The summed E-state index contributed by atoms with van der Waals surface area (Å²) < 4.78 is 5.74. The van der Waals surface area contributed by atoms with Gasteiger partial charge in [0.25, 0.3) is 5.91 Å². The molecule has 6 heteroatoms. The zero-order valence-corrected chi connectivity index (χ0v) is 12.7. The summed E-state index contributed by atoms with van der Waals surface area (Å²) in [6, 6.07) is 5.32. The predicted molar refractivity (Wildman–Crippen MR) is 80.1 cm³/mol. The quantitative estimate of drug-likeness (QED) is 0.809. The molecule has 0 saturated carbocycles. The summed E-state index contributed by atoms with van der Waals surface area (Å²) in [5.41, 5.74) is 0.714. The first kappa shape index (κ1) is 13.4. The van der Waals surface area contributed by atoms with Gasteiger partial charge in [-0.15, -0.1) is 11.3 Å². The molecular weight excluding hydrogens is 296 g/mol. The molecule has 104 valence electrons. The highest BCUT2D eigenvalue weighted by molar-refractivity contribution is 7.13. The lowest BCUT2D eigenvalue weighted by Crippen LogP contribution is -2.42. The van der Waals surface area contributed by atoms with Gasteiger partial charge < -0.3 is 9.64 Å². The van der Waals surface area contributed by atoms with Gasteiger partial charge in [-0.3, -0.25) is 4.79 Å². The van der Waals surface area contributed by atoms with Crippen LogP contribution in [0.2, 0.25) is 5.02 Å². The van der Waals surface area contributed by atoms with Crippen molar-refractivity contribution in [2.75, 3.05) is 11.4 Å². The molecule has 0 spiro atoms. The highest BCUT2D eigenvalue weighted by atomic mass is 35.5. The van der Waals surface area contributed by atoms with Gasteiger partial charge >= 0.3 is 0 Å². The number of thiazole rings is 1. The highest BCUT2D eigenvalue weighted by Crippen LogP contribution is 2.36. The molecule has 2 heterocycles. The first-order valence-corrected chi connectivity index (χ1v) is 7.44. The number of anilines is 1. The van der Waals surface area contributed by atoms with Gasteiger partial charge in [-0.1, -0.05) is 11.6 Å². The van der Waals surface area contributed by atoms with Crippen molar-refractivity contribution in [3.05, 3.63) is 39.3 Å². The third kappa shape index (κ3) is 2.39. The number of nitrogens with zero attached hydrogens (tertiary/aromatic N) is 2. The number of hydrogen-bond acceptors (Lipinski definition) is 4. The fourth-order valence-electron chi connectivity index (χ4n) is 2.20. The van der Waals surface area contributed by atoms with E-state index in [1.807, 2.05) is 13.8 Å². The molecule has 1 atom stereocenters. The Morgan fingerprint density at radius 3 is 3.05 bits per heavy atom. The van der Waals surface area contributed by atoms with Crippen LogP contribution >= 0.6 is 22.9 Å². The Labute approximate surface area is 126 Å². The molecule has 1 aliphatic heterocycles. The molecule has 0 N–H and O–H groups in total. The second-order valence-electron chi connectivity index (χ2n) is 4.70. The predicted octanol–water partition coefficient (Wildman–Crippen LogP) is 3.53. The SMILES string of the molecule is Cc1ncc(C(=O)N2CC(C)Oc3ccc(Cl)cc32)s1. The van der Waals surface area contributed by atoms with Crippen molar-refractivity contribution < 1.29 is 9.53 Å². The number of carbonyl (C=O) groups excluding carboxylic acids is 1. The van der Waals surface area contributed by atoms with Crippen LogP contribution < -0.4 is 9.64 Å². The molecule has 0 saturated heterocycles. The second-order valence-corrected chi connectivity index (χ2v) is 6.37. The fourth-order valence-corrected chi connectivity index (χ4v) is 3.09. The third-order valence-corrected chi connectivity index (χ3v) is 4.19. The summed E-state index contributed by atoms with van der Waals surface area (Å²) in [6.45, 7) is 4.33. The molecule has 0 aliphatic carbocycles. The minimum absolute atomic E-state index is 0.0540. The summed E-state index contributed by atoms with van der Waals surface area (Å²) in [6.07, 6.45) is 1.56. The van der Waals surface area contributed by atoms with E-state index < -0.39 is 0 Å². The number of rotatable bonds is 1. The van der Waals surface area contributed by atoms with Crippen LogP contribution in [0.5, 0.6) is 5.75 Å². The number of fused-ring (bicyclic) bond motifs is 1. The van der Waals surface area contributed by atoms with Gasteiger partial charge in [-0.05, 0) is 32.0 Å². The Bertz CT molecular complexity index is 671. The van der Waals surface area contributed by atoms with Crippen molar-refractivity contribution in [1.82, 2.24) is 4.98 Å². The van der Waals surface area contributed by atoms with Gasteiger partial charge in [0.05, 0.1) is 23.4 Å². The molecule has 1 aromatic carbocycles. The molecule has 0 bridgehead atoms. The molecule has 3 rings (SSSR count). The van der Waals surface area contributed by atoms with E-state index >= 15 is 0 Å². The number of carbonyl (C=O) groups is 1. The van der Waals surface area contributed by atoms with E-state index in [2.05, 4.69) is 4.98 Å². The van der Waals surface area contributed by atoms with E-state index in [0.717, 1.165) is 5.01 Å². The summed E-state index contributed by atoms with van der Waals surface area (Å²) in [4.78, 5) is 19.1. The largest absolute Gasteiger partial charge is 0.487 e. The molecule has 1 aliphatic rings. The van der Waals surface area contributed by atoms with Crippen molar-refractivity contribution in [2.24, 2.45) is 0 Å². The smallest absolute Gasteiger partial charge is 0.270 e. The first-order valence-electron chi connectivity index (χ1n) is 6.25. The minimum Gasteiger partial charge on any atom is -0.487 e. The van der Waals surface area contributed by atoms with Gasteiger partial charge in [-0.2, -0.15) is 0 Å². The van der Waals surface area contributed by atoms with Crippen molar-refractivity contribution in [2.45, 2.75) is 20.0 Å². The number of halogens is 1. The average Bonchev–Trinajstić information content (AvgIpc) is 2.84. The topological polar surface area (TPSA) is 42.4 Å². The zero-order chi connectivity index (χ0) is 14.3. The van der Waals surface area contributed by atoms with Crippen LogP contribution in [-0.4, -0.2) is 23.5 Å². The molecule has 1 aromatic heterocycles. The number of benzene rings is 1. The molecular formula is C14H13ClN2O2S. The van der Waals surface area contributed by atoms with Crippen LogP contribution in [0.3, 0.4) is 0 Å². The molecule has 0 radical (unpaired) electrons. The van der Waals surface area contributed by atoms with Crippen LogP contribution in [0.15, 0.2) is 24.4 Å². The van der Waals surface area contributed by atoms with Crippen molar-refractivity contribution in [1.29, 1.82) is 0 Å². The van der Waals surface area contributed by atoms with E-state index in [-0.39, 0.29) is 12.0 Å². The number of aryl methyl sites for hydroxylation is 1. The van der Waals surface area contributed by atoms with E-state index in [4.69, 9.17) is 16.3 Å². The van der Waals surface area contributed by atoms with Gasteiger partial charge in [0.1, 0.15) is 16.7 Å². The number of aromatic nitrogens is 1. The molecule has 0 fully saturated rings. The highest BCUT2D eigenvalue weighted by Gasteiger charge is 2.29. The lowest BCUT2D eigenvalue weighted by atomic mass is 10.2. The zero-order valence-electron chi connectivity index (χ0n) is 11.1. The summed E-state index contributed by atoms with van der Waals surface area (Å²) in [5, 5.41) is 1.46. The Balaban J connectivity index is 2.02. The van der Waals surface area contributed by atoms with Crippen molar-refractivity contribution >= 4 is 34.5 Å². The Kier molecular flexibility index (Phi) is 3.40. The van der Waals surface area contributed by atoms with Crippen molar-refractivity contribution in [3.8, 4) is 5.75 Å². The van der Waals surface area contributed by atoms with Gasteiger partial charge in [0.2, 0.25) is 0 Å². The van der Waals surface area contributed by atoms with E-state index in [9.17, 15) is 4.79 Å². The molecule has 1 unspecified atom stereocenters. The van der Waals surface area contributed by atoms with E-state index in [1.165, 1.54) is 11.3 Å². The van der Waals surface area contributed by atoms with Crippen LogP contribution in [0.1, 0.15) is 21.6 Å². The van der Waals surface area contributed by atoms with Crippen molar-refractivity contribution in [3.63, 3.8) is 0 Å². The number of amides is 1. The standard InChI is InChI=1S/C14H13ClN2O2S/c1-8-7-17(14(18)13-6-16-9(2)20-13)11-5-10(15)3-4-12(11)19-8/h3-6,8H,7H2,1-2H3. The molecule has 4 nitrogen and oxygen atoms in total. The normalized spacial score (nSPS) is 17.6. The minimum atomic E-state index is -0.0609. The number of hydrogen-bond donors (Lipinski definition) is 0. The maximum absolute atomic E-state index is 12.6. The van der Waals surface area contributed by atoms with Gasteiger partial charge in [-0.25, -0.2) is 4.98 Å². The Morgan fingerprint density at radius 2 is 2.35 bits per heavy atom. The first-order chi connectivity index (χ1) is 9.54. The fraction of sp³-hybridized carbons (Fsp3) is 0.286. The monoisotopic (exact) mass is 308 g/mol. The van der Waals surface area contributed by atoms with Crippen LogP contribution in [-0.2, 0) is 0 Å². The van der Waals surface area contributed by atoms with Crippen LogP contribution in [0.25, 0.3) is 0 Å². The summed E-state index contributed by atoms with van der Waals surface area (Å²) in [5.74, 6) is 0.622. The molecule has 1 amide bonds. The summed E-state index contributed by atoms with van der Waals surface area (Å²) in [7, 11) is 0. The maximum atomic E-state index is 12.6. The summed E-state index contributed by atoms with van der Waals surface area (Å²) >= 11 is 7.42. The maximum Gasteiger partial charge on any atom is 0.270 e. The van der Waals surface area contributed by atoms with Gasteiger partial charge in [0.15, 0.2) is 0 Å². The lowest BCUT2D eigenvalue weighted by molar-refractivity contribution is 0.0965. The second kappa shape index (κ2) is 5.07. The molecule has 2 aromatic rings. The van der Waals surface area contributed by atoms with E-state index in [1.54, 1.807) is 29.3 Å². The number of ether oxygens (including phenoxy) is 1. The Morgan fingerprint density at radius 1 is 1.55 bits per heavy atom. The average molecular weight is 309 g/mol. The van der Waals surface area contributed by atoms with Crippen LogP contribution in [0.4, 0.5) is 5.69 Å². The van der Waals surface area contributed by atoms with Gasteiger partial charge in [0, 0.05) is 5.02 Å². The lowest BCUT2D eigenvalue weighted by Gasteiger charge is -2.33.